The third-order valence-electron chi connectivity index (χ3n) is 1.79. The van der Waals surface area contributed by atoms with E-state index in [-0.39, 0.29) is 54.0 Å². The van der Waals surface area contributed by atoms with Gasteiger partial charge in [-0.15, -0.1) is 0 Å². The van der Waals surface area contributed by atoms with Crippen molar-refractivity contribution < 1.29 is 5.11 Å². The summed E-state index contributed by atoms with van der Waals surface area (Å²) < 4.78 is 0. The average Bonchev–Trinajstić information content (AvgIpc) is 2.03. The fourth-order valence-corrected chi connectivity index (χ4v) is 1.09. The highest BCUT2D eigenvalue weighted by atomic mass is 32.1. The minimum Gasteiger partial charge on any atom is -0.508 e. The molecular weight excluding hydrogens is 264 g/mol. The van der Waals surface area contributed by atoms with Crippen molar-refractivity contribution in [2.75, 3.05) is 0 Å². The van der Waals surface area contributed by atoms with E-state index in [9.17, 15) is 5.11 Å². The van der Waals surface area contributed by atoms with Crippen molar-refractivity contribution in [3.8, 4) is 5.75 Å². The van der Waals surface area contributed by atoms with E-state index in [0.29, 0.717) is 5.75 Å². The molecule has 1 aromatic rings. The van der Waals surface area contributed by atoms with Gasteiger partial charge in [-0.1, -0.05) is 31.5 Å². The van der Waals surface area contributed by atoms with E-state index < -0.39 is 0 Å². The normalized spacial score (nSPS) is 7.27. The molecule has 0 saturated carbocycles. The van der Waals surface area contributed by atoms with Gasteiger partial charge in [-0.25, -0.2) is 0 Å². The Bertz CT molecular complexity index is 230. The number of phenolic OH excluding ortho intramolecular Hbond substituents is 1. The van der Waals surface area contributed by atoms with Crippen molar-refractivity contribution in [3.05, 3.63) is 29.8 Å². The van der Waals surface area contributed by atoms with Crippen molar-refractivity contribution in [2.45, 2.75) is 26.2 Å². The Hall–Kier alpha value is 0.420. The molecule has 0 aromatic heterocycles. The van der Waals surface area contributed by atoms with Gasteiger partial charge in [0.25, 0.3) is 0 Å². The molecule has 92 valence electrons. The molecule has 0 aliphatic rings. The Morgan fingerprint density at radius 1 is 1.00 bits per heavy atom. The molecule has 1 aromatic carbocycles. The first-order valence-corrected chi connectivity index (χ1v) is 4.11. The number of phenols is 1. The summed E-state index contributed by atoms with van der Waals surface area (Å²) in [5.41, 5.74) is 1.06. The van der Waals surface area contributed by atoms with Gasteiger partial charge >= 0.3 is 0 Å². The smallest absolute Gasteiger partial charge is 0.118 e. The number of aryl methyl sites for hydroxylation is 1. The molecule has 0 bridgehead atoms. The van der Waals surface area contributed by atoms with Gasteiger partial charge in [-0.3, -0.25) is 0 Å². The first kappa shape index (κ1) is 24.6. The molecule has 0 heterocycles. The molecule has 1 N–H and O–H groups in total. The van der Waals surface area contributed by atoms with Crippen LogP contribution in [0.2, 0.25) is 0 Å². The van der Waals surface area contributed by atoms with E-state index >= 15 is 0 Å². The van der Waals surface area contributed by atoms with Crippen molar-refractivity contribution in [1.29, 1.82) is 0 Å². The second-order valence-electron chi connectivity index (χ2n) is 2.73. The molecule has 0 unspecified atom stereocenters. The lowest BCUT2D eigenvalue weighted by Crippen LogP contribution is -1.83. The average molecular weight is 287 g/mol. The van der Waals surface area contributed by atoms with Crippen LogP contribution in [0.1, 0.15) is 25.3 Å². The molecular formula is C10H22OS4. The first-order valence-electron chi connectivity index (χ1n) is 4.11. The number of rotatable bonds is 3. The van der Waals surface area contributed by atoms with E-state index in [1.165, 1.54) is 6.42 Å². The summed E-state index contributed by atoms with van der Waals surface area (Å²) in [6.45, 7) is 2.15. The molecule has 15 heavy (non-hydrogen) atoms. The number of benzene rings is 1. The van der Waals surface area contributed by atoms with E-state index in [1.807, 2.05) is 18.2 Å². The fourth-order valence-electron chi connectivity index (χ4n) is 1.09. The zero-order chi connectivity index (χ0) is 8.10. The molecule has 5 heteroatoms. The monoisotopic (exact) mass is 286 g/mol. The fraction of sp³-hybridized carbons (Fsp3) is 0.400. The number of hydrogen-bond acceptors (Lipinski definition) is 1. The number of unbranched alkanes of at least 4 members (excludes halogenated alkanes) is 1. The Morgan fingerprint density at radius 2 is 1.53 bits per heavy atom. The van der Waals surface area contributed by atoms with Crippen LogP contribution in [0.15, 0.2) is 24.3 Å². The molecule has 0 amide bonds. The van der Waals surface area contributed by atoms with Crippen LogP contribution in [-0.2, 0) is 6.42 Å². The summed E-state index contributed by atoms with van der Waals surface area (Å²) in [6, 6.07) is 7.53. The van der Waals surface area contributed by atoms with Crippen LogP contribution in [-0.4, -0.2) is 5.11 Å². The van der Waals surface area contributed by atoms with Crippen LogP contribution in [0, 0.1) is 0 Å². The molecule has 0 fully saturated rings. The molecule has 0 spiro atoms. The predicted octanol–water partition coefficient (Wildman–Crippen LogP) is 3.19. The molecule has 1 rings (SSSR count). The number of aromatic hydroxyl groups is 1. The van der Waals surface area contributed by atoms with Crippen molar-refractivity contribution in [1.82, 2.24) is 0 Å². The zero-order valence-corrected chi connectivity index (χ0v) is 12.9. The lowest BCUT2D eigenvalue weighted by molar-refractivity contribution is 0.467. The third-order valence-corrected chi connectivity index (χ3v) is 1.79. The second kappa shape index (κ2) is 14.4. The van der Waals surface area contributed by atoms with Gasteiger partial charge in [0.15, 0.2) is 0 Å². The van der Waals surface area contributed by atoms with E-state index in [4.69, 9.17) is 0 Å². The van der Waals surface area contributed by atoms with Crippen molar-refractivity contribution >= 4 is 54.0 Å². The Kier molecular flexibility index (Phi) is 23.6. The molecule has 0 radical (unpaired) electrons. The summed E-state index contributed by atoms with van der Waals surface area (Å²) in [5, 5.41) is 9.34. The number of para-hydroxylation sites is 1. The van der Waals surface area contributed by atoms with Gasteiger partial charge in [-0.2, -0.15) is 54.0 Å². The lowest BCUT2D eigenvalue weighted by Gasteiger charge is -2.01. The Balaban J connectivity index is -0.000000151. The van der Waals surface area contributed by atoms with Crippen LogP contribution in [0.25, 0.3) is 0 Å². The van der Waals surface area contributed by atoms with Crippen molar-refractivity contribution in [2.24, 2.45) is 0 Å². The molecule has 0 atom stereocenters. The molecule has 0 aliphatic carbocycles. The SMILES string of the molecule is CCCCc1ccccc1O.S.S.S.S. The maximum absolute atomic E-state index is 9.34. The molecule has 0 aliphatic heterocycles. The highest BCUT2D eigenvalue weighted by molar-refractivity contribution is 7.59. The first-order chi connectivity index (χ1) is 5.34. The van der Waals surface area contributed by atoms with Crippen LogP contribution in [0.3, 0.4) is 0 Å². The van der Waals surface area contributed by atoms with Crippen LogP contribution < -0.4 is 0 Å². The van der Waals surface area contributed by atoms with E-state index in [2.05, 4.69) is 6.92 Å². The zero-order valence-electron chi connectivity index (χ0n) is 8.88. The van der Waals surface area contributed by atoms with Crippen LogP contribution in [0.4, 0.5) is 0 Å². The van der Waals surface area contributed by atoms with E-state index in [0.717, 1.165) is 18.4 Å². The summed E-state index contributed by atoms with van der Waals surface area (Å²) in [7, 11) is 0. The quantitative estimate of drug-likeness (QED) is 0.905. The topological polar surface area (TPSA) is 20.2 Å². The molecule has 1 nitrogen and oxygen atoms in total. The lowest BCUT2D eigenvalue weighted by atomic mass is 10.1. The largest absolute Gasteiger partial charge is 0.508 e. The minimum absolute atomic E-state index is 0. The van der Waals surface area contributed by atoms with Gasteiger partial charge < -0.3 is 5.11 Å². The Labute approximate surface area is 120 Å². The third kappa shape index (κ3) is 9.35. The highest BCUT2D eigenvalue weighted by Gasteiger charge is 1.96. The highest BCUT2D eigenvalue weighted by Crippen LogP contribution is 2.17. The maximum atomic E-state index is 9.34. The summed E-state index contributed by atoms with van der Waals surface area (Å²) >= 11 is 0. The van der Waals surface area contributed by atoms with Crippen LogP contribution >= 0.6 is 54.0 Å². The standard InChI is InChI=1S/C10H14O.4H2S/c1-2-3-6-9-7-4-5-8-10(9)11;;;;/h4-5,7-8,11H,2-3,6H2,1H3;4*1H2. The summed E-state index contributed by atoms with van der Waals surface area (Å²) in [6.07, 6.45) is 3.31. The molecule has 0 saturated heterocycles. The van der Waals surface area contributed by atoms with Gasteiger partial charge in [0.05, 0.1) is 0 Å². The second-order valence-corrected chi connectivity index (χ2v) is 2.73. The summed E-state index contributed by atoms with van der Waals surface area (Å²) in [5.74, 6) is 0.431. The Morgan fingerprint density at radius 3 is 2.00 bits per heavy atom. The summed E-state index contributed by atoms with van der Waals surface area (Å²) in [4.78, 5) is 0. The predicted molar refractivity (Wildman–Crippen MR) is 88.2 cm³/mol. The van der Waals surface area contributed by atoms with Gasteiger partial charge in [0.1, 0.15) is 5.75 Å². The maximum Gasteiger partial charge on any atom is 0.118 e. The number of hydrogen-bond donors (Lipinski definition) is 1. The van der Waals surface area contributed by atoms with Crippen molar-refractivity contribution in [3.63, 3.8) is 0 Å². The van der Waals surface area contributed by atoms with Gasteiger partial charge in [-0.05, 0) is 24.5 Å². The minimum atomic E-state index is 0. The van der Waals surface area contributed by atoms with Gasteiger partial charge in [0, 0.05) is 0 Å². The van der Waals surface area contributed by atoms with Crippen LogP contribution in [0.5, 0.6) is 5.75 Å². The van der Waals surface area contributed by atoms with Gasteiger partial charge in [0.2, 0.25) is 0 Å². The van der Waals surface area contributed by atoms with E-state index in [1.54, 1.807) is 6.07 Å².